The number of aliphatic hydroxyl groups excluding tert-OH is 1. The first kappa shape index (κ1) is 14.5. The molecule has 0 fully saturated rings. The Morgan fingerprint density at radius 3 is 2.80 bits per heavy atom. The van der Waals surface area contributed by atoms with E-state index in [1.54, 1.807) is 25.4 Å². The number of benzene rings is 1. The van der Waals surface area contributed by atoms with Crippen LogP contribution in [-0.2, 0) is 0 Å². The molecule has 1 N–H and O–H groups in total. The van der Waals surface area contributed by atoms with Crippen LogP contribution in [0.4, 0.5) is 0 Å². The van der Waals surface area contributed by atoms with Crippen LogP contribution < -0.4 is 0 Å². The Labute approximate surface area is 122 Å². The number of likely N-dealkylation sites (N-methyl/N-ethyl adjacent to an activating group) is 1. The molecule has 2 aromatic rings. The molecular formula is C15H15ClN2O2. The van der Waals surface area contributed by atoms with Gasteiger partial charge in [-0.25, -0.2) is 0 Å². The molecule has 0 radical (unpaired) electrons. The Bertz CT molecular complexity index is 602. The lowest BCUT2D eigenvalue weighted by atomic mass is 10.1. The third kappa shape index (κ3) is 3.15. The molecule has 0 saturated heterocycles. The molecule has 20 heavy (non-hydrogen) atoms. The van der Waals surface area contributed by atoms with Crippen molar-refractivity contribution in [3.8, 4) is 11.3 Å². The molecule has 104 valence electrons. The number of carbonyl (C=O) groups is 1. The summed E-state index contributed by atoms with van der Waals surface area (Å²) in [6.07, 6.45) is 1.70. The molecule has 0 aliphatic carbocycles. The van der Waals surface area contributed by atoms with E-state index in [4.69, 9.17) is 16.7 Å². The van der Waals surface area contributed by atoms with Gasteiger partial charge in [0.15, 0.2) is 0 Å². The molecule has 1 amide bonds. The van der Waals surface area contributed by atoms with Crippen molar-refractivity contribution in [3.05, 3.63) is 53.2 Å². The van der Waals surface area contributed by atoms with Crippen LogP contribution >= 0.6 is 11.6 Å². The third-order valence-corrected chi connectivity index (χ3v) is 3.27. The first-order chi connectivity index (χ1) is 9.63. The summed E-state index contributed by atoms with van der Waals surface area (Å²) in [5.74, 6) is -0.221. The number of amides is 1. The van der Waals surface area contributed by atoms with Gasteiger partial charge in [0.1, 0.15) is 0 Å². The summed E-state index contributed by atoms with van der Waals surface area (Å²) in [5.41, 5.74) is 2.02. The predicted octanol–water partition coefficient (Wildman–Crippen LogP) is 2.47. The maximum absolute atomic E-state index is 12.2. The van der Waals surface area contributed by atoms with Crippen LogP contribution in [0.2, 0.25) is 5.02 Å². The minimum Gasteiger partial charge on any atom is -0.395 e. The van der Waals surface area contributed by atoms with E-state index in [0.29, 0.717) is 10.6 Å². The summed E-state index contributed by atoms with van der Waals surface area (Å²) in [7, 11) is 1.63. The van der Waals surface area contributed by atoms with E-state index in [2.05, 4.69) is 4.98 Å². The summed E-state index contributed by atoms with van der Waals surface area (Å²) in [6.45, 7) is 0.183. The van der Waals surface area contributed by atoms with E-state index in [1.807, 2.05) is 24.3 Å². The minimum atomic E-state index is -0.221. The minimum absolute atomic E-state index is 0.0835. The van der Waals surface area contributed by atoms with Crippen LogP contribution in [0.3, 0.4) is 0 Å². The van der Waals surface area contributed by atoms with Crippen molar-refractivity contribution in [2.75, 3.05) is 20.2 Å². The molecule has 4 nitrogen and oxygen atoms in total. The van der Waals surface area contributed by atoms with Gasteiger partial charge in [-0.2, -0.15) is 0 Å². The lowest BCUT2D eigenvalue weighted by Gasteiger charge is -2.17. The molecule has 1 aromatic carbocycles. The summed E-state index contributed by atoms with van der Waals surface area (Å²) in [5, 5.41) is 9.29. The van der Waals surface area contributed by atoms with Crippen molar-refractivity contribution >= 4 is 17.5 Å². The molecule has 2 rings (SSSR count). The largest absolute Gasteiger partial charge is 0.395 e. The fourth-order valence-corrected chi connectivity index (χ4v) is 2.04. The van der Waals surface area contributed by atoms with Gasteiger partial charge < -0.3 is 10.0 Å². The van der Waals surface area contributed by atoms with E-state index < -0.39 is 0 Å². The van der Waals surface area contributed by atoms with E-state index in [1.165, 1.54) is 4.90 Å². The third-order valence-electron chi connectivity index (χ3n) is 2.94. The Morgan fingerprint density at radius 1 is 1.35 bits per heavy atom. The van der Waals surface area contributed by atoms with Crippen molar-refractivity contribution in [1.29, 1.82) is 0 Å². The second-order valence-corrected chi connectivity index (χ2v) is 4.77. The monoisotopic (exact) mass is 290 g/mol. The van der Waals surface area contributed by atoms with Crippen molar-refractivity contribution in [3.63, 3.8) is 0 Å². The molecule has 0 bridgehead atoms. The van der Waals surface area contributed by atoms with Crippen molar-refractivity contribution in [2.45, 2.75) is 0 Å². The Hall–Kier alpha value is -1.91. The lowest BCUT2D eigenvalue weighted by molar-refractivity contribution is 0.0767. The van der Waals surface area contributed by atoms with Gasteiger partial charge >= 0.3 is 0 Å². The van der Waals surface area contributed by atoms with Crippen LogP contribution in [0.25, 0.3) is 11.3 Å². The van der Waals surface area contributed by atoms with Crippen LogP contribution in [0.5, 0.6) is 0 Å². The van der Waals surface area contributed by atoms with E-state index in [-0.39, 0.29) is 19.1 Å². The molecule has 0 spiro atoms. The SMILES string of the molecule is CN(CCO)C(=O)c1cc(-c2ccccn2)ccc1Cl. The second-order valence-electron chi connectivity index (χ2n) is 4.36. The topological polar surface area (TPSA) is 53.4 Å². The number of pyridine rings is 1. The van der Waals surface area contributed by atoms with Crippen LogP contribution in [0, 0.1) is 0 Å². The van der Waals surface area contributed by atoms with Gasteiger partial charge in [0, 0.05) is 25.4 Å². The van der Waals surface area contributed by atoms with Crippen LogP contribution in [-0.4, -0.2) is 41.1 Å². The van der Waals surface area contributed by atoms with E-state index in [9.17, 15) is 4.79 Å². The van der Waals surface area contributed by atoms with Crippen LogP contribution in [0.15, 0.2) is 42.6 Å². The lowest BCUT2D eigenvalue weighted by Crippen LogP contribution is -2.29. The molecule has 0 atom stereocenters. The Balaban J connectivity index is 2.37. The number of hydrogen-bond donors (Lipinski definition) is 1. The average Bonchev–Trinajstić information content (AvgIpc) is 2.48. The maximum Gasteiger partial charge on any atom is 0.255 e. The predicted molar refractivity (Wildman–Crippen MR) is 78.7 cm³/mol. The second kappa shape index (κ2) is 6.50. The summed E-state index contributed by atoms with van der Waals surface area (Å²) in [6, 6.07) is 10.8. The number of hydrogen-bond acceptors (Lipinski definition) is 3. The van der Waals surface area contributed by atoms with Crippen molar-refractivity contribution in [2.24, 2.45) is 0 Å². The molecule has 0 aliphatic heterocycles. The first-order valence-corrected chi connectivity index (χ1v) is 6.58. The summed E-state index contributed by atoms with van der Waals surface area (Å²) < 4.78 is 0. The van der Waals surface area contributed by atoms with Gasteiger partial charge in [-0.05, 0) is 24.3 Å². The van der Waals surface area contributed by atoms with Gasteiger partial charge in [0.25, 0.3) is 5.91 Å². The number of aliphatic hydroxyl groups is 1. The molecule has 1 aromatic heterocycles. The smallest absolute Gasteiger partial charge is 0.255 e. The average molecular weight is 291 g/mol. The standard InChI is InChI=1S/C15H15ClN2O2/c1-18(8-9-19)15(20)12-10-11(5-6-13(12)16)14-4-2-3-7-17-14/h2-7,10,19H,8-9H2,1H3. The number of nitrogens with zero attached hydrogens (tertiary/aromatic N) is 2. The van der Waals surface area contributed by atoms with Crippen molar-refractivity contribution < 1.29 is 9.90 Å². The highest BCUT2D eigenvalue weighted by Gasteiger charge is 2.16. The highest BCUT2D eigenvalue weighted by Crippen LogP contribution is 2.24. The molecule has 0 aliphatic rings. The highest BCUT2D eigenvalue weighted by atomic mass is 35.5. The van der Waals surface area contributed by atoms with Gasteiger partial charge in [-0.1, -0.05) is 23.7 Å². The molecular weight excluding hydrogens is 276 g/mol. The normalized spacial score (nSPS) is 10.3. The van der Waals surface area contributed by atoms with Gasteiger partial charge in [-0.3, -0.25) is 9.78 Å². The van der Waals surface area contributed by atoms with Gasteiger partial charge in [-0.15, -0.1) is 0 Å². The Morgan fingerprint density at radius 2 is 2.15 bits per heavy atom. The summed E-state index contributed by atoms with van der Waals surface area (Å²) >= 11 is 6.09. The van der Waals surface area contributed by atoms with E-state index in [0.717, 1.165) is 11.3 Å². The highest BCUT2D eigenvalue weighted by molar-refractivity contribution is 6.34. The molecule has 0 unspecified atom stereocenters. The fourth-order valence-electron chi connectivity index (χ4n) is 1.84. The molecule has 5 heteroatoms. The summed E-state index contributed by atoms with van der Waals surface area (Å²) in [4.78, 5) is 17.9. The zero-order valence-electron chi connectivity index (χ0n) is 11.1. The fraction of sp³-hybridized carbons (Fsp3) is 0.200. The maximum atomic E-state index is 12.2. The quantitative estimate of drug-likeness (QED) is 0.941. The number of carbonyl (C=O) groups excluding carboxylic acids is 1. The number of rotatable bonds is 4. The van der Waals surface area contributed by atoms with Gasteiger partial charge in [0.05, 0.1) is 22.9 Å². The number of halogens is 1. The molecule has 1 heterocycles. The van der Waals surface area contributed by atoms with Gasteiger partial charge in [0.2, 0.25) is 0 Å². The Kier molecular flexibility index (Phi) is 4.71. The van der Waals surface area contributed by atoms with E-state index >= 15 is 0 Å². The zero-order chi connectivity index (χ0) is 14.5. The zero-order valence-corrected chi connectivity index (χ0v) is 11.8. The first-order valence-electron chi connectivity index (χ1n) is 6.20. The van der Waals surface area contributed by atoms with Crippen LogP contribution in [0.1, 0.15) is 10.4 Å². The molecule has 0 saturated carbocycles. The number of aromatic nitrogens is 1. The van der Waals surface area contributed by atoms with Crippen molar-refractivity contribution in [1.82, 2.24) is 9.88 Å².